The standard InChI is InChI=1S/C16H11BrClNO3/c1-2-21-14-8-10(9-19)7-13(17)15(14)22-16(20)11-3-5-12(18)6-4-11/h3-8H,2H2,1H3. The lowest BCUT2D eigenvalue weighted by Crippen LogP contribution is -2.10. The molecular formula is C16H11BrClNO3. The number of carbonyl (C=O) groups excluding carboxylic acids is 1. The summed E-state index contributed by atoms with van der Waals surface area (Å²) in [5.41, 5.74) is 0.768. The number of halogens is 2. The first-order valence-corrected chi connectivity index (χ1v) is 7.56. The lowest BCUT2D eigenvalue weighted by molar-refractivity contribution is 0.0727. The minimum atomic E-state index is -0.539. The minimum Gasteiger partial charge on any atom is -0.490 e. The maximum Gasteiger partial charge on any atom is 0.343 e. The number of nitrogens with zero attached hydrogens (tertiary/aromatic N) is 1. The highest BCUT2D eigenvalue weighted by Gasteiger charge is 2.17. The SMILES string of the molecule is CCOc1cc(C#N)cc(Br)c1OC(=O)c1ccc(Cl)cc1. The number of ether oxygens (including phenoxy) is 2. The van der Waals surface area contributed by atoms with Gasteiger partial charge in [-0.1, -0.05) is 11.6 Å². The predicted molar refractivity (Wildman–Crippen MR) is 86.4 cm³/mol. The van der Waals surface area contributed by atoms with Gasteiger partial charge in [-0.05, 0) is 53.2 Å². The fraction of sp³-hybridized carbons (Fsp3) is 0.125. The van der Waals surface area contributed by atoms with Crippen LogP contribution in [0.1, 0.15) is 22.8 Å². The van der Waals surface area contributed by atoms with E-state index in [1.165, 1.54) is 6.07 Å². The van der Waals surface area contributed by atoms with Crippen LogP contribution in [0, 0.1) is 11.3 Å². The van der Waals surface area contributed by atoms with E-state index in [1.54, 1.807) is 37.3 Å². The smallest absolute Gasteiger partial charge is 0.343 e. The Labute approximate surface area is 141 Å². The Hall–Kier alpha value is -2.03. The molecule has 112 valence electrons. The fourth-order valence-electron chi connectivity index (χ4n) is 1.73. The van der Waals surface area contributed by atoms with E-state index in [2.05, 4.69) is 15.9 Å². The van der Waals surface area contributed by atoms with Gasteiger partial charge in [-0.3, -0.25) is 0 Å². The maximum atomic E-state index is 12.2. The molecule has 2 aromatic carbocycles. The third-order valence-corrected chi connectivity index (χ3v) is 3.55. The Bertz CT molecular complexity index is 738. The van der Waals surface area contributed by atoms with E-state index in [4.69, 9.17) is 26.3 Å². The number of hydrogen-bond acceptors (Lipinski definition) is 4. The van der Waals surface area contributed by atoms with Crippen LogP contribution in [-0.4, -0.2) is 12.6 Å². The molecule has 0 aliphatic carbocycles. The monoisotopic (exact) mass is 379 g/mol. The van der Waals surface area contributed by atoms with E-state index in [0.717, 1.165) is 0 Å². The van der Waals surface area contributed by atoms with Gasteiger partial charge >= 0.3 is 5.97 Å². The van der Waals surface area contributed by atoms with Crippen molar-refractivity contribution in [2.45, 2.75) is 6.92 Å². The molecule has 2 aromatic rings. The van der Waals surface area contributed by atoms with Crippen molar-refractivity contribution in [3.05, 3.63) is 57.0 Å². The number of hydrogen-bond donors (Lipinski definition) is 0. The summed E-state index contributed by atoms with van der Waals surface area (Å²) >= 11 is 9.08. The molecule has 0 spiro atoms. The first-order chi connectivity index (χ1) is 10.5. The lowest BCUT2D eigenvalue weighted by atomic mass is 10.2. The Morgan fingerprint density at radius 3 is 2.59 bits per heavy atom. The Morgan fingerprint density at radius 1 is 1.32 bits per heavy atom. The zero-order valence-electron chi connectivity index (χ0n) is 11.6. The number of nitriles is 1. The molecule has 0 aliphatic rings. The van der Waals surface area contributed by atoms with Crippen LogP contribution in [0.15, 0.2) is 40.9 Å². The largest absolute Gasteiger partial charge is 0.490 e. The highest BCUT2D eigenvalue weighted by Crippen LogP contribution is 2.37. The molecule has 0 saturated carbocycles. The van der Waals surface area contributed by atoms with E-state index in [1.807, 2.05) is 6.07 Å². The molecule has 0 atom stereocenters. The van der Waals surface area contributed by atoms with Gasteiger partial charge in [0.1, 0.15) is 0 Å². The summed E-state index contributed by atoms with van der Waals surface area (Å²) in [6, 6.07) is 11.5. The number of benzene rings is 2. The van der Waals surface area contributed by atoms with Gasteiger partial charge in [-0.25, -0.2) is 4.79 Å². The van der Waals surface area contributed by atoms with Gasteiger partial charge in [0.05, 0.1) is 28.3 Å². The quantitative estimate of drug-likeness (QED) is 0.575. The van der Waals surface area contributed by atoms with Crippen molar-refractivity contribution < 1.29 is 14.3 Å². The van der Waals surface area contributed by atoms with Crippen molar-refractivity contribution >= 4 is 33.5 Å². The molecule has 0 radical (unpaired) electrons. The number of rotatable bonds is 4. The second-order valence-corrected chi connectivity index (χ2v) is 5.52. The van der Waals surface area contributed by atoms with Crippen LogP contribution in [0.3, 0.4) is 0 Å². The topological polar surface area (TPSA) is 59.3 Å². The molecule has 0 aromatic heterocycles. The second kappa shape index (κ2) is 7.30. The van der Waals surface area contributed by atoms with Gasteiger partial charge in [0.15, 0.2) is 11.5 Å². The molecule has 6 heteroatoms. The summed E-state index contributed by atoms with van der Waals surface area (Å²) in [4.78, 5) is 12.2. The van der Waals surface area contributed by atoms with Crippen LogP contribution >= 0.6 is 27.5 Å². The van der Waals surface area contributed by atoms with Crippen molar-refractivity contribution in [3.63, 3.8) is 0 Å². The molecule has 0 unspecified atom stereocenters. The van der Waals surface area contributed by atoms with Crippen LogP contribution in [0.4, 0.5) is 0 Å². The average Bonchev–Trinajstić information content (AvgIpc) is 2.51. The van der Waals surface area contributed by atoms with Crippen molar-refractivity contribution in [3.8, 4) is 17.6 Å². The fourth-order valence-corrected chi connectivity index (χ4v) is 2.38. The molecule has 2 rings (SSSR count). The van der Waals surface area contributed by atoms with Crippen LogP contribution in [-0.2, 0) is 0 Å². The van der Waals surface area contributed by atoms with Crippen LogP contribution in [0.25, 0.3) is 0 Å². The normalized spacial score (nSPS) is 9.91. The van der Waals surface area contributed by atoms with Gasteiger partial charge in [-0.2, -0.15) is 5.26 Å². The van der Waals surface area contributed by atoms with E-state index in [9.17, 15) is 4.79 Å². The minimum absolute atomic E-state index is 0.237. The third-order valence-electron chi connectivity index (χ3n) is 2.71. The summed E-state index contributed by atoms with van der Waals surface area (Å²) in [6.45, 7) is 2.19. The highest BCUT2D eigenvalue weighted by molar-refractivity contribution is 9.10. The van der Waals surface area contributed by atoms with Crippen LogP contribution in [0.2, 0.25) is 5.02 Å². The molecule has 0 fully saturated rings. The third kappa shape index (κ3) is 3.79. The van der Waals surface area contributed by atoms with Gasteiger partial charge in [0.25, 0.3) is 0 Å². The molecule has 0 aliphatic heterocycles. The van der Waals surface area contributed by atoms with E-state index < -0.39 is 5.97 Å². The van der Waals surface area contributed by atoms with Gasteiger partial charge < -0.3 is 9.47 Å². The first kappa shape index (κ1) is 16.3. The zero-order valence-corrected chi connectivity index (χ0v) is 13.9. The van der Waals surface area contributed by atoms with Crippen LogP contribution < -0.4 is 9.47 Å². The summed E-state index contributed by atoms with van der Waals surface area (Å²) < 4.78 is 11.3. The Morgan fingerprint density at radius 2 is 2.00 bits per heavy atom. The van der Waals surface area contributed by atoms with E-state index in [0.29, 0.717) is 33.0 Å². The van der Waals surface area contributed by atoms with Crippen molar-refractivity contribution in [2.24, 2.45) is 0 Å². The maximum absolute atomic E-state index is 12.2. The number of carbonyl (C=O) groups is 1. The molecule has 0 saturated heterocycles. The Balaban J connectivity index is 2.34. The van der Waals surface area contributed by atoms with E-state index in [-0.39, 0.29) is 5.75 Å². The summed E-state index contributed by atoms with van der Waals surface area (Å²) in [6.07, 6.45) is 0. The summed E-state index contributed by atoms with van der Waals surface area (Å²) in [7, 11) is 0. The molecule has 22 heavy (non-hydrogen) atoms. The van der Waals surface area contributed by atoms with Crippen molar-refractivity contribution in [1.82, 2.24) is 0 Å². The molecule has 0 N–H and O–H groups in total. The van der Waals surface area contributed by atoms with Crippen molar-refractivity contribution in [2.75, 3.05) is 6.61 Å². The van der Waals surface area contributed by atoms with E-state index >= 15 is 0 Å². The predicted octanol–water partition coefficient (Wildman–Crippen LogP) is 4.59. The molecular weight excluding hydrogens is 370 g/mol. The lowest BCUT2D eigenvalue weighted by Gasteiger charge is -2.12. The summed E-state index contributed by atoms with van der Waals surface area (Å²) in [5, 5.41) is 9.52. The van der Waals surface area contributed by atoms with Gasteiger partial charge in [0, 0.05) is 11.1 Å². The molecule has 0 heterocycles. The van der Waals surface area contributed by atoms with Gasteiger partial charge in [-0.15, -0.1) is 0 Å². The zero-order chi connectivity index (χ0) is 16.1. The Kier molecular flexibility index (Phi) is 5.42. The van der Waals surface area contributed by atoms with Gasteiger partial charge in [0.2, 0.25) is 0 Å². The molecule has 4 nitrogen and oxygen atoms in total. The molecule has 0 bridgehead atoms. The van der Waals surface area contributed by atoms with Crippen molar-refractivity contribution in [1.29, 1.82) is 5.26 Å². The highest BCUT2D eigenvalue weighted by atomic mass is 79.9. The number of esters is 1. The second-order valence-electron chi connectivity index (χ2n) is 4.23. The first-order valence-electron chi connectivity index (χ1n) is 6.39. The van der Waals surface area contributed by atoms with Crippen LogP contribution in [0.5, 0.6) is 11.5 Å². The summed E-state index contributed by atoms with van der Waals surface area (Å²) in [5.74, 6) is 0.0274. The molecule has 0 amide bonds. The average molecular weight is 381 g/mol.